The second-order valence-electron chi connectivity index (χ2n) is 10.2. The zero-order chi connectivity index (χ0) is 27.3. The SMILES string of the molecule is COc1ccc(CCN(C(C)=O)C2CC(C)(C)Oc3ccc(C(=O)NCc4ccccc4)cc32)cc1OC. The summed E-state index contributed by atoms with van der Waals surface area (Å²) in [6, 6.07) is 20.8. The number of nitrogens with zero attached hydrogens (tertiary/aromatic N) is 1. The normalized spacial score (nSPS) is 15.6. The van der Waals surface area contributed by atoms with Crippen molar-refractivity contribution in [2.45, 2.75) is 51.8 Å². The quantitative estimate of drug-likeness (QED) is 0.416. The first kappa shape index (κ1) is 27.0. The summed E-state index contributed by atoms with van der Waals surface area (Å²) in [6.45, 7) is 6.59. The van der Waals surface area contributed by atoms with E-state index in [2.05, 4.69) is 5.32 Å². The van der Waals surface area contributed by atoms with Crippen molar-refractivity contribution < 1.29 is 23.8 Å². The van der Waals surface area contributed by atoms with Gasteiger partial charge in [-0.05, 0) is 61.7 Å². The fourth-order valence-corrected chi connectivity index (χ4v) is 4.93. The van der Waals surface area contributed by atoms with E-state index in [1.54, 1.807) is 27.2 Å². The van der Waals surface area contributed by atoms with E-state index in [0.717, 1.165) is 16.7 Å². The van der Waals surface area contributed by atoms with Gasteiger partial charge in [0.15, 0.2) is 11.5 Å². The van der Waals surface area contributed by atoms with Crippen molar-refractivity contribution in [2.75, 3.05) is 20.8 Å². The smallest absolute Gasteiger partial charge is 0.251 e. The summed E-state index contributed by atoms with van der Waals surface area (Å²) in [5.41, 5.74) is 2.98. The van der Waals surface area contributed by atoms with E-state index in [1.807, 2.05) is 79.4 Å². The summed E-state index contributed by atoms with van der Waals surface area (Å²) in [5, 5.41) is 2.99. The Balaban J connectivity index is 1.57. The molecule has 3 aromatic rings. The summed E-state index contributed by atoms with van der Waals surface area (Å²) >= 11 is 0. The highest BCUT2D eigenvalue weighted by Gasteiger charge is 2.38. The Bertz CT molecular complexity index is 1290. The van der Waals surface area contributed by atoms with Crippen molar-refractivity contribution in [3.8, 4) is 17.2 Å². The van der Waals surface area contributed by atoms with Gasteiger partial charge >= 0.3 is 0 Å². The maximum atomic E-state index is 13.0. The number of benzene rings is 3. The van der Waals surface area contributed by atoms with Crippen molar-refractivity contribution in [2.24, 2.45) is 0 Å². The van der Waals surface area contributed by atoms with Crippen LogP contribution in [0.2, 0.25) is 0 Å². The zero-order valence-corrected chi connectivity index (χ0v) is 22.7. The first-order chi connectivity index (χ1) is 18.2. The van der Waals surface area contributed by atoms with Gasteiger partial charge in [0.05, 0.1) is 20.3 Å². The van der Waals surface area contributed by atoms with Crippen molar-refractivity contribution in [1.29, 1.82) is 0 Å². The van der Waals surface area contributed by atoms with Gasteiger partial charge in [0.2, 0.25) is 5.91 Å². The molecule has 1 atom stereocenters. The molecule has 1 aliphatic rings. The fraction of sp³-hybridized carbons (Fsp3) is 0.355. The van der Waals surface area contributed by atoms with E-state index >= 15 is 0 Å². The topological polar surface area (TPSA) is 77.1 Å². The van der Waals surface area contributed by atoms with E-state index in [-0.39, 0.29) is 17.9 Å². The molecule has 0 saturated carbocycles. The Labute approximate surface area is 224 Å². The summed E-state index contributed by atoms with van der Waals surface area (Å²) < 4.78 is 17.1. The summed E-state index contributed by atoms with van der Waals surface area (Å²) in [4.78, 5) is 27.8. The van der Waals surface area contributed by atoms with Crippen LogP contribution >= 0.6 is 0 Å². The van der Waals surface area contributed by atoms with Gasteiger partial charge in [0.1, 0.15) is 11.4 Å². The minimum atomic E-state index is -0.466. The van der Waals surface area contributed by atoms with Crippen LogP contribution in [0, 0.1) is 0 Å². The average Bonchev–Trinajstić information content (AvgIpc) is 2.91. The number of carbonyl (C=O) groups is 2. The molecular weight excluding hydrogens is 480 g/mol. The van der Waals surface area contributed by atoms with E-state index in [0.29, 0.717) is 48.7 Å². The van der Waals surface area contributed by atoms with Crippen LogP contribution in [-0.2, 0) is 17.8 Å². The fourth-order valence-electron chi connectivity index (χ4n) is 4.93. The van der Waals surface area contributed by atoms with Crippen LogP contribution in [0.1, 0.15) is 60.3 Å². The summed E-state index contributed by atoms with van der Waals surface area (Å²) in [6.07, 6.45) is 1.25. The molecule has 4 rings (SSSR count). The molecule has 38 heavy (non-hydrogen) atoms. The molecule has 200 valence electrons. The molecular formula is C31H36N2O5. The Morgan fingerprint density at radius 3 is 2.39 bits per heavy atom. The van der Waals surface area contributed by atoms with Gasteiger partial charge < -0.3 is 24.4 Å². The number of fused-ring (bicyclic) bond motifs is 1. The Morgan fingerprint density at radius 2 is 1.71 bits per heavy atom. The number of methoxy groups -OCH3 is 2. The van der Waals surface area contributed by atoms with Crippen LogP contribution in [0.25, 0.3) is 0 Å². The second-order valence-corrected chi connectivity index (χ2v) is 10.2. The lowest BCUT2D eigenvalue weighted by molar-refractivity contribution is -0.133. The Kier molecular flexibility index (Phi) is 8.25. The van der Waals surface area contributed by atoms with Crippen LogP contribution < -0.4 is 19.5 Å². The molecule has 0 fully saturated rings. The molecule has 0 bridgehead atoms. The first-order valence-electron chi connectivity index (χ1n) is 12.8. The largest absolute Gasteiger partial charge is 0.493 e. The van der Waals surface area contributed by atoms with E-state index < -0.39 is 5.60 Å². The van der Waals surface area contributed by atoms with Gasteiger partial charge in [-0.1, -0.05) is 36.4 Å². The van der Waals surface area contributed by atoms with Crippen LogP contribution in [0.3, 0.4) is 0 Å². The third kappa shape index (κ3) is 6.28. The van der Waals surface area contributed by atoms with Crippen molar-refractivity contribution >= 4 is 11.8 Å². The molecule has 7 nitrogen and oxygen atoms in total. The zero-order valence-electron chi connectivity index (χ0n) is 22.7. The highest BCUT2D eigenvalue weighted by molar-refractivity contribution is 5.94. The molecule has 3 aromatic carbocycles. The molecule has 1 aliphatic heterocycles. The molecule has 0 spiro atoms. The molecule has 1 unspecified atom stereocenters. The molecule has 1 heterocycles. The lowest BCUT2D eigenvalue weighted by Gasteiger charge is -2.42. The lowest BCUT2D eigenvalue weighted by atomic mass is 9.87. The van der Waals surface area contributed by atoms with Gasteiger partial charge in [0.25, 0.3) is 5.91 Å². The van der Waals surface area contributed by atoms with Crippen LogP contribution in [-0.4, -0.2) is 43.1 Å². The first-order valence-corrected chi connectivity index (χ1v) is 12.8. The number of rotatable bonds is 9. The predicted octanol–water partition coefficient (Wildman–Crippen LogP) is 5.33. The predicted molar refractivity (Wildman–Crippen MR) is 147 cm³/mol. The number of ether oxygens (including phenoxy) is 3. The third-order valence-electron chi connectivity index (χ3n) is 6.87. The number of carbonyl (C=O) groups excluding carboxylic acids is 2. The highest BCUT2D eigenvalue weighted by Crippen LogP contribution is 2.43. The van der Waals surface area contributed by atoms with Gasteiger partial charge in [0, 0.05) is 37.6 Å². The molecule has 0 radical (unpaired) electrons. The van der Waals surface area contributed by atoms with Crippen LogP contribution in [0.5, 0.6) is 17.2 Å². The second kappa shape index (κ2) is 11.6. The van der Waals surface area contributed by atoms with Gasteiger partial charge in [-0.15, -0.1) is 0 Å². The van der Waals surface area contributed by atoms with Crippen LogP contribution in [0.15, 0.2) is 66.7 Å². The monoisotopic (exact) mass is 516 g/mol. The number of hydrogen-bond donors (Lipinski definition) is 1. The van der Waals surface area contributed by atoms with Crippen molar-refractivity contribution in [3.63, 3.8) is 0 Å². The number of hydrogen-bond acceptors (Lipinski definition) is 5. The molecule has 0 aliphatic carbocycles. The number of amides is 2. The third-order valence-corrected chi connectivity index (χ3v) is 6.87. The molecule has 1 N–H and O–H groups in total. The van der Waals surface area contributed by atoms with Crippen molar-refractivity contribution in [3.05, 3.63) is 89.0 Å². The lowest BCUT2D eigenvalue weighted by Crippen LogP contribution is -2.44. The minimum Gasteiger partial charge on any atom is -0.493 e. The molecule has 0 aromatic heterocycles. The van der Waals surface area contributed by atoms with E-state index in [4.69, 9.17) is 14.2 Å². The van der Waals surface area contributed by atoms with Gasteiger partial charge in [-0.3, -0.25) is 9.59 Å². The summed E-state index contributed by atoms with van der Waals surface area (Å²) in [7, 11) is 3.22. The van der Waals surface area contributed by atoms with Crippen molar-refractivity contribution in [1.82, 2.24) is 10.2 Å². The molecule has 7 heteroatoms. The molecule has 2 amide bonds. The Morgan fingerprint density at radius 1 is 0.974 bits per heavy atom. The summed E-state index contributed by atoms with van der Waals surface area (Å²) in [5.74, 6) is 1.82. The maximum Gasteiger partial charge on any atom is 0.251 e. The average molecular weight is 517 g/mol. The van der Waals surface area contributed by atoms with E-state index in [1.165, 1.54) is 0 Å². The van der Waals surface area contributed by atoms with Gasteiger partial charge in [-0.2, -0.15) is 0 Å². The number of nitrogens with one attached hydrogen (secondary N) is 1. The maximum absolute atomic E-state index is 13.0. The van der Waals surface area contributed by atoms with Gasteiger partial charge in [-0.25, -0.2) is 0 Å². The highest BCUT2D eigenvalue weighted by atomic mass is 16.5. The van der Waals surface area contributed by atoms with E-state index in [9.17, 15) is 9.59 Å². The minimum absolute atomic E-state index is 0.0296. The van der Waals surface area contributed by atoms with Crippen LogP contribution in [0.4, 0.5) is 0 Å². The Hall–Kier alpha value is -4.00. The standard InChI is InChI=1S/C31H36N2O5/c1-21(34)33(16-15-22-11-13-28(36-4)29(17-22)37-5)26-19-31(2,3)38-27-14-12-24(18-25(26)27)30(35)32-20-23-9-7-6-8-10-23/h6-14,17-18,26H,15-16,19-20H2,1-5H3,(H,32,35). The molecule has 0 saturated heterocycles.